The summed E-state index contributed by atoms with van der Waals surface area (Å²) in [6.07, 6.45) is 5.50. The van der Waals surface area contributed by atoms with Crippen molar-refractivity contribution in [1.29, 1.82) is 0 Å². The molecule has 146 valence electrons. The summed E-state index contributed by atoms with van der Waals surface area (Å²) in [6.45, 7) is 0.816. The number of carbonyl (C=O) groups is 2. The summed E-state index contributed by atoms with van der Waals surface area (Å²) in [5.74, 6) is -2.03. The topological polar surface area (TPSA) is 61.4 Å². The van der Waals surface area contributed by atoms with Crippen LogP contribution in [0.5, 0.6) is 0 Å². The highest BCUT2D eigenvalue weighted by Crippen LogP contribution is 2.27. The first-order valence-corrected chi connectivity index (χ1v) is 9.80. The lowest BCUT2D eigenvalue weighted by Gasteiger charge is -2.34. The van der Waals surface area contributed by atoms with Crippen LogP contribution in [0.4, 0.5) is 8.78 Å². The van der Waals surface area contributed by atoms with Crippen molar-refractivity contribution >= 4 is 11.8 Å². The van der Waals surface area contributed by atoms with Gasteiger partial charge in [-0.15, -0.1) is 0 Å². The van der Waals surface area contributed by atoms with Gasteiger partial charge in [0.05, 0.1) is 5.56 Å². The van der Waals surface area contributed by atoms with E-state index in [0.29, 0.717) is 38.0 Å². The standard InChI is InChI=1S/C20H25F2N3O2/c21-13-1-4-17(18(22)9-13)20(27)25-7-5-12(6-8-25)19(26)24-16-10-14-2-3-15(11-16)23-14/h1,4,9,12,14-16,23H,2-3,5-8,10-11H2,(H,24,26). The summed E-state index contributed by atoms with van der Waals surface area (Å²) < 4.78 is 26.9. The predicted octanol–water partition coefficient (Wildman–Crippen LogP) is 2.22. The Hall–Kier alpha value is -2.02. The number of amides is 2. The number of nitrogens with one attached hydrogen (secondary N) is 2. The Morgan fingerprint density at radius 1 is 1.04 bits per heavy atom. The Bertz CT molecular complexity index is 722. The molecule has 4 rings (SSSR count). The maximum Gasteiger partial charge on any atom is 0.256 e. The van der Waals surface area contributed by atoms with E-state index in [2.05, 4.69) is 10.6 Å². The summed E-state index contributed by atoms with van der Waals surface area (Å²) in [6, 6.07) is 4.28. The first-order chi connectivity index (χ1) is 13.0. The fraction of sp³-hybridized carbons (Fsp3) is 0.600. The molecule has 5 nitrogen and oxygen atoms in total. The van der Waals surface area contributed by atoms with Gasteiger partial charge in [-0.3, -0.25) is 9.59 Å². The van der Waals surface area contributed by atoms with Gasteiger partial charge in [0.15, 0.2) is 0 Å². The lowest BCUT2D eigenvalue weighted by molar-refractivity contribution is -0.127. The quantitative estimate of drug-likeness (QED) is 0.849. The van der Waals surface area contributed by atoms with Crippen LogP contribution in [-0.4, -0.2) is 47.9 Å². The molecule has 0 aromatic heterocycles. The molecule has 7 heteroatoms. The Balaban J connectivity index is 1.29. The minimum absolute atomic E-state index is 0.0707. The van der Waals surface area contributed by atoms with Gasteiger partial charge < -0.3 is 15.5 Å². The van der Waals surface area contributed by atoms with Crippen LogP contribution in [0.25, 0.3) is 0 Å². The number of rotatable bonds is 3. The molecule has 2 bridgehead atoms. The number of likely N-dealkylation sites (tertiary alicyclic amines) is 1. The van der Waals surface area contributed by atoms with Crippen LogP contribution in [0.3, 0.4) is 0 Å². The van der Waals surface area contributed by atoms with Gasteiger partial charge in [-0.05, 0) is 50.7 Å². The molecule has 3 heterocycles. The molecule has 27 heavy (non-hydrogen) atoms. The molecule has 0 spiro atoms. The molecule has 0 radical (unpaired) electrons. The van der Waals surface area contributed by atoms with E-state index in [1.807, 2.05) is 0 Å². The van der Waals surface area contributed by atoms with E-state index in [9.17, 15) is 18.4 Å². The van der Waals surface area contributed by atoms with Gasteiger partial charge >= 0.3 is 0 Å². The van der Waals surface area contributed by atoms with Crippen molar-refractivity contribution in [3.05, 3.63) is 35.4 Å². The van der Waals surface area contributed by atoms with Crippen LogP contribution in [-0.2, 0) is 4.79 Å². The van der Waals surface area contributed by atoms with Crippen LogP contribution in [0.1, 0.15) is 48.9 Å². The predicted molar refractivity (Wildman–Crippen MR) is 96.1 cm³/mol. The number of hydrogen-bond donors (Lipinski definition) is 2. The summed E-state index contributed by atoms with van der Waals surface area (Å²) in [4.78, 5) is 26.6. The first kappa shape index (κ1) is 18.3. The minimum atomic E-state index is -0.847. The van der Waals surface area contributed by atoms with E-state index in [-0.39, 0.29) is 23.4 Å². The van der Waals surface area contributed by atoms with Crippen LogP contribution in [0.2, 0.25) is 0 Å². The molecule has 2 amide bonds. The van der Waals surface area contributed by atoms with Gasteiger partial charge in [0.25, 0.3) is 5.91 Å². The third-order valence-corrected chi connectivity index (χ3v) is 6.13. The first-order valence-electron chi connectivity index (χ1n) is 9.80. The van der Waals surface area contributed by atoms with Gasteiger partial charge in [0, 0.05) is 43.2 Å². The number of benzene rings is 1. The van der Waals surface area contributed by atoms with Crippen molar-refractivity contribution in [2.75, 3.05) is 13.1 Å². The molecule has 2 atom stereocenters. The van der Waals surface area contributed by atoms with Crippen LogP contribution >= 0.6 is 0 Å². The molecule has 3 fully saturated rings. The molecular weight excluding hydrogens is 352 g/mol. The van der Waals surface area contributed by atoms with Crippen molar-refractivity contribution < 1.29 is 18.4 Å². The number of nitrogens with zero attached hydrogens (tertiary/aromatic N) is 1. The number of piperidine rings is 2. The molecule has 3 aliphatic heterocycles. The van der Waals surface area contributed by atoms with Gasteiger partial charge in [0.2, 0.25) is 5.91 Å². The van der Waals surface area contributed by atoms with Gasteiger partial charge in [-0.2, -0.15) is 0 Å². The zero-order valence-corrected chi connectivity index (χ0v) is 15.2. The fourth-order valence-electron chi connectivity index (χ4n) is 4.67. The third kappa shape index (κ3) is 3.98. The summed E-state index contributed by atoms with van der Waals surface area (Å²) >= 11 is 0. The molecule has 2 unspecified atom stereocenters. The average Bonchev–Trinajstić information content (AvgIpc) is 2.99. The smallest absolute Gasteiger partial charge is 0.256 e. The molecule has 1 aromatic carbocycles. The van der Waals surface area contributed by atoms with Crippen molar-refractivity contribution in [2.45, 2.75) is 56.7 Å². The van der Waals surface area contributed by atoms with E-state index < -0.39 is 17.5 Å². The lowest BCUT2D eigenvalue weighted by atomic mass is 9.93. The number of carbonyl (C=O) groups excluding carboxylic acids is 2. The Labute approximate surface area is 157 Å². The molecule has 3 saturated heterocycles. The molecule has 1 aromatic rings. The van der Waals surface area contributed by atoms with E-state index in [0.717, 1.165) is 25.0 Å². The number of hydrogen-bond acceptors (Lipinski definition) is 3. The molecule has 0 aliphatic carbocycles. The Morgan fingerprint density at radius 2 is 1.70 bits per heavy atom. The van der Waals surface area contributed by atoms with Crippen LogP contribution in [0, 0.1) is 17.6 Å². The Morgan fingerprint density at radius 3 is 2.33 bits per heavy atom. The zero-order chi connectivity index (χ0) is 19.0. The van der Waals surface area contributed by atoms with Gasteiger partial charge in [-0.25, -0.2) is 8.78 Å². The van der Waals surface area contributed by atoms with E-state index in [4.69, 9.17) is 0 Å². The monoisotopic (exact) mass is 377 g/mol. The highest BCUT2D eigenvalue weighted by atomic mass is 19.1. The molecule has 2 N–H and O–H groups in total. The fourth-order valence-corrected chi connectivity index (χ4v) is 4.67. The van der Waals surface area contributed by atoms with E-state index in [1.54, 1.807) is 4.90 Å². The summed E-state index contributed by atoms with van der Waals surface area (Å²) in [5.41, 5.74) is -0.121. The average molecular weight is 377 g/mol. The molecule has 3 aliphatic rings. The molecule has 0 saturated carbocycles. The van der Waals surface area contributed by atoms with Crippen LogP contribution < -0.4 is 10.6 Å². The maximum absolute atomic E-state index is 13.8. The van der Waals surface area contributed by atoms with Gasteiger partial charge in [0.1, 0.15) is 11.6 Å². The summed E-state index contributed by atoms with van der Waals surface area (Å²) in [7, 11) is 0. The minimum Gasteiger partial charge on any atom is -0.353 e. The second kappa shape index (κ2) is 7.54. The number of fused-ring (bicyclic) bond motifs is 2. The largest absolute Gasteiger partial charge is 0.353 e. The normalized spacial score (nSPS) is 28.2. The SMILES string of the molecule is O=C(NC1CC2CCC(C1)N2)C1CCN(C(=O)c2ccc(F)cc2F)CC1. The highest BCUT2D eigenvalue weighted by Gasteiger charge is 2.35. The van der Waals surface area contributed by atoms with E-state index >= 15 is 0 Å². The van der Waals surface area contributed by atoms with Crippen molar-refractivity contribution in [1.82, 2.24) is 15.5 Å². The van der Waals surface area contributed by atoms with Gasteiger partial charge in [-0.1, -0.05) is 0 Å². The molecular formula is C20H25F2N3O2. The number of halogens is 2. The second-order valence-electron chi connectivity index (χ2n) is 8.01. The van der Waals surface area contributed by atoms with Crippen molar-refractivity contribution in [3.8, 4) is 0 Å². The second-order valence-corrected chi connectivity index (χ2v) is 8.01. The lowest BCUT2D eigenvalue weighted by Crippen LogP contribution is -2.50. The van der Waals surface area contributed by atoms with Crippen molar-refractivity contribution in [3.63, 3.8) is 0 Å². The maximum atomic E-state index is 13.8. The third-order valence-electron chi connectivity index (χ3n) is 6.13. The zero-order valence-electron chi connectivity index (χ0n) is 15.2. The van der Waals surface area contributed by atoms with Crippen LogP contribution in [0.15, 0.2) is 18.2 Å². The van der Waals surface area contributed by atoms with E-state index in [1.165, 1.54) is 18.9 Å². The highest BCUT2D eigenvalue weighted by molar-refractivity contribution is 5.94. The summed E-state index contributed by atoms with van der Waals surface area (Å²) in [5, 5.41) is 6.76. The Kier molecular flexibility index (Phi) is 5.12. The van der Waals surface area contributed by atoms with Crippen molar-refractivity contribution in [2.24, 2.45) is 5.92 Å².